The third-order valence-electron chi connectivity index (χ3n) is 8.27. The lowest BCUT2D eigenvalue weighted by atomic mass is 9.92. The van der Waals surface area contributed by atoms with Gasteiger partial charge in [-0.1, -0.05) is 62.7 Å². The molecule has 0 unspecified atom stereocenters. The first-order valence-electron chi connectivity index (χ1n) is 17.5. The number of anilines is 4. The minimum atomic E-state index is -0.407. The molecule has 280 valence electrons. The van der Waals surface area contributed by atoms with E-state index in [0.29, 0.717) is 72.7 Å². The number of fused-ring (bicyclic) bond motifs is 1. The summed E-state index contributed by atoms with van der Waals surface area (Å²) in [4.78, 5) is 22.5. The quantitative estimate of drug-likeness (QED) is 0.0879. The number of nitrogens with one attached hydrogen (secondary N) is 3. The summed E-state index contributed by atoms with van der Waals surface area (Å²) in [5.41, 5.74) is 3.89. The highest BCUT2D eigenvalue weighted by Gasteiger charge is 2.22. The molecule has 2 aromatic heterocycles. The monoisotopic (exact) mass is 731 g/mol. The third kappa shape index (κ3) is 9.62. The van der Waals surface area contributed by atoms with Crippen molar-refractivity contribution in [3.63, 3.8) is 0 Å². The number of hydrogen-bond donors (Lipinski definition) is 3. The lowest BCUT2D eigenvalue weighted by molar-refractivity contribution is 0.0544. The van der Waals surface area contributed by atoms with Crippen LogP contribution in [-0.2, 0) is 14.9 Å². The van der Waals surface area contributed by atoms with Gasteiger partial charge in [-0.2, -0.15) is 10.1 Å². The number of nitrogens with zero attached hydrogens (tertiary/aromatic N) is 4. The first-order valence-corrected chi connectivity index (χ1v) is 17.5. The molecule has 6 aromatic rings. The molecule has 3 N–H and O–H groups in total. The fraction of sp³-hybridized carbons (Fsp3) is 0.268. The predicted molar refractivity (Wildman–Crippen MR) is 210 cm³/mol. The van der Waals surface area contributed by atoms with Crippen LogP contribution in [-0.4, -0.2) is 66.4 Å². The minimum absolute atomic E-state index is 0.219. The summed E-state index contributed by atoms with van der Waals surface area (Å²) in [6.45, 7) is 10.1. The molecule has 0 aliphatic rings. The molecule has 0 aliphatic carbocycles. The normalized spacial score (nSPS) is 11.3. The zero-order chi connectivity index (χ0) is 38.1. The van der Waals surface area contributed by atoms with Crippen molar-refractivity contribution in [2.24, 2.45) is 0 Å². The van der Waals surface area contributed by atoms with E-state index in [0.717, 1.165) is 27.7 Å². The number of hydrogen-bond acceptors (Lipinski definition) is 10. The average molecular weight is 732 g/mol. The lowest BCUT2D eigenvalue weighted by Crippen LogP contribution is -2.21. The van der Waals surface area contributed by atoms with E-state index in [4.69, 9.17) is 28.8 Å². The van der Waals surface area contributed by atoms with Crippen molar-refractivity contribution in [3.05, 3.63) is 108 Å². The van der Waals surface area contributed by atoms with E-state index < -0.39 is 6.03 Å². The SMILES string of the molecule is COCCOCCOc1cc(Nc2nccc(Oc3ccc(NC(=O)Nc4cc(C(C)(C)C)nn4-c4ccc(C)cc4)c4ccccc34)n2)cc(OC)c1. The molecule has 54 heavy (non-hydrogen) atoms. The van der Waals surface area contributed by atoms with Crippen molar-refractivity contribution in [1.29, 1.82) is 0 Å². The molecule has 0 radical (unpaired) electrons. The Labute approximate surface area is 314 Å². The number of aryl methyl sites for hydroxylation is 1. The van der Waals surface area contributed by atoms with Crippen LogP contribution >= 0.6 is 0 Å². The molecule has 0 aliphatic heterocycles. The van der Waals surface area contributed by atoms with Gasteiger partial charge in [0.2, 0.25) is 11.8 Å². The van der Waals surface area contributed by atoms with Crippen LogP contribution in [0.5, 0.6) is 23.1 Å². The first kappa shape index (κ1) is 37.6. The Morgan fingerprint density at radius 2 is 1.57 bits per heavy atom. The van der Waals surface area contributed by atoms with Gasteiger partial charge in [-0.3, -0.25) is 5.32 Å². The van der Waals surface area contributed by atoms with Crippen molar-refractivity contribution in [3.8, 4) is 28.8 Å². The number of amides is 2. The number of benzene rings is 4. The highest BCUT2D eigenvalue weighted by Crippen LogP contribution is 2.35. The summed E-state index contributed by atoms with van der Waals surface area (Å²) in [6.07, 6.45) is 1.61. The predicted octanol–water partition coefficient (Wildman–Crippen LogP) is 8.65. The van der Waals surface area contributed by atoms with E-state index in [9.17, 15) is 4.79 Å². The van der Waals surface area contributed by atoms with Crippen molar-refractivity contribution in [2.75, 3.05) is 56.6 Å². The van der Waals surface area contributed by atoms with E-state index in [1.807, 2.05) is 73.7 Å². The summed E-state index contributed by atoms with van der Waals surface area (Å²) in [6, 6.07) is 27.9. The van der Waals surface area contributed by atoms with Gasteiger partial charge in [0.05, 0.1) is 44.0 Å². The molecule has 0 atom stereocenters. The van der Waals surface area contributed by atoms with Crippen LogP contribution in [0, 0.1) is 6.92 Å². The van der Waals surface area contributed by atoms with Gasteiger partial charge < -0.3 is 34.3 Å². The molecule has 0 saturated carbocycles. The maximum atomic E-state index is 13.5. The number of urea groups is 1. The Morgan fingerprint density at radius 3 is 2.33 bits per heavy atom. The zero-order valence-electron chi connectivity index (χ0n) is 31.3. The summed E-state index contributed by atoms with van der Waals surface area (Å²) in [5, 5.41) is 15.6. The Kier molecular flexibility index (Phi) is 11.9. The number of carbonyl (C=O) groups excluding carboxylic acids is 1. The number of methoxy groups -OCH3 is 2. The van der Waals surface area contributed by atoms with Crippen molar-refractivity contribution in [1.82, 2.24) is 19.7 Å². The lowest BCUT2D eigenvalue weighted by Gasteiger charge is -2.14. The summed E-state index contributed by atoms with van der Waals surface area (Å²) in [5.74, 6) is 2.94. The maximum Gasteiger partial charge on any atom is 0.324 e. The van der Waals surface area contributed by atoms with Gasteiger partial charge in [0.25, 0.3) is 0 Å². The van der Waals surface area contributed by atoms with Crippen LogP contribution in [0.1, 0.15) is 32.0 Å². The molecule has 0 fully saturated rings. The largest absolute Gasteiger partial charge is 0.497 e. The van der Waals surface area contributed by atoms with Gasteiger partial charge in [-0.15, -0.1) is 0 Å². The van der Waals surface area contributed by atoms with E-state index >= 15 is 0 Å². The summed E-state index contributed by atoms with van der Waals surface area (Å²) in [7, 11) is 3.22. The topological polar surface area (TPSA) is 143 Å². The first-order chi connectivity index (χ1) is 26.1. The van der Waals surface area contributed by atoms with Crippen molar-refractivity contribution < 1.29 is 28.5 Å². The van der Waals surface area contributed by atoms with Gasteiger partial charge in [-0.25, -0.2) is 14.5 Å². The standard InChI is InChI=1S/C41H45N7O6/c1-27-11-13-29(14-12-27)48-37(26-36(47-48)41(2,3)4)45-40(49)44-34-15-16-35(33-10-8-7-9-32(33)34)54-38-17-18-42-39(46-38)43-28-23-30(51-6)25-31(24-28)53-22-21-52-20-19-50-5/h7-18,23-26H,19-22H2,1-6H3,(H,42,43,46)(H2,44,45,49). The fourth-order valence-corrected chi connectivity index (χ4v) is 5.47. The Balaban J connectivity index is 1.16. The average Bonchev–Trinajstić information content (AvgIpc) is 3.59. The maximum absolute atomic E-state index is 13.5. The zero-order valence-corrected chi connectivity index (χ0v) is 31.3. The van der Waals surface area contributed by atoms with Gasteiger partial charge in [-0.05, 0) is 31.2 Å². The van der Waals surface area contributed by atoms with Gasteiger partial charge >= 0.3 is 6.03 Å². The van der Waals surface area contributed by atoms with Crippen LogP contribution in [0.25, 0.3) is 16.5 Å². The molecule has 4 aromatic carbocycles. The molecular weight excluding hydrogens is 686 g/mol. The molecule has 2 heterocycles. The Bertz CT molecular complexity index is 2200. The van der Waals surface area contributed by atoms with Crippen LogP contribution in [0.15, 0.2) is 97.2 Å². The summed E-state index contributed by atoms with van der Waals surface area (Å²) >= 11 is 0. The molecule has 13 heteroatoms. The second kappa shape index (κ2) is 17.1. The van der Waals surface area contributed by atoms with Gasteiger partial charge in [0, 0.05) is 65.5 Å². The molecule has 6 rings (SSSR count). The smallest absolute Gasteiger partial charge is 0.324 e. The fourth-order valence-electron chi connectivity index (χ4n) is 5.47. The van der Waals surface area contributed by atoms with Crippen LogP contribution in [0.2, 0.25) is 0 Å². The van der Waals surface area contributed by atoms with Crippen LogP contribution in [0.3, 0.4) is 0 Å². The van der Waals surface area contributed by atoms with Gasteiger partial charge in [0.1, 0.15) is 29.7 Å². The number of rotatable bonds is 15. The minimum Gasteiger partial charge on any atom is -0.497 e. The molecule has 0 saturated heterocycles. The third-order valence-corrected chi connectivity index (χ3v) is 8.27. The number of ether oxygens (including phenoxy) is 5. The van der Waals surface area contributed by atoms with Crippen LogP contribution < -0.4 is 30.2 Å². The second-order valence-corrected chi connectivity index (χ2v) is 13.4. The van der Waals surface area contributed by atoms with E-state index in [1.54, 1.807) is 49.4 Å². The second-order valence-electron chi connectivity index (χ2n) is 13.4. The Hall–Kier alpha value is -6.18. The molecule has 0 spiro atoms. The van der Waals surface area contributed by atoms with Gasteiger partial charge in [0.15, 0.2) is 0 Å². The van der Waals surface area contributed by atoms with E-state index in [1.165, 1.54) is 0 Å². The molecular formula is C41H45N7O6. The molecule has 13 nitrogen and oxygen atoms in total. The van der Waals surface area contributed by atoms with E-state index in [2.05, 4.69) is 46.7 Å². The Morgan fingerprint density at radius 1 is 0.815 bits per heavy atom. The van der Waals surface area contributed by atoms with Crippen LogP contribution in [0.4, 0.5) is 27.9 Å². The van der Waals surface area contributed by atoms with Crippen molar-refractivity contribution >= 4 is 39.9 Å². The number of aromatic nitrogens is 4. The highest BCUT2D eigenvalue weighted by molar-refractivity contribution is 6.07. The van der Waals surface area contributed by atoms with Crippen molar-refractivity contribution in [2.45, 2.75) is 33.1 Å². The highest BCUT2D eigenvalue weighted by atomic mass is 16.5. The summed E-state index contributed by atoms with van der Waals surface area (Å²) < 4.78 is 29.9. The van der Waals surface area contributed by atoms with E-state index in [-0.39, 0.29) is 5.41 Å². The number of carbonyl (C=O) groups is 1. The molecule has 2 amide bonds. The molecule has 0 bridgehead atoms.